The molecule has 116 valence electrons. The number of carbonyl (C=O) groups excluding carboxylic acids is 1. The van der Waals surface area contributed by atoms with Gasteiger partial charge in [-0.05, 0) is 13.5 Å². The third-order valence-corrected chi connectivity index (χ3v) is 3.31. The van der Waals surface area contributed by atoms with Gasteiger partial charge in [-0.25, -0.2) is 9.97 Å². The van der Waals surface area contributed by atoms with Crippen molar-refractivity contribution < 1.29 is 9.53 Å². The van der Waals surface area contributed by atoms with Gasteiger partial charge in [0.05, 0.1) is 13.2 Å². The van der Waals surface area contributed by atoms with Crippen LogP contribution in [0.3, 0.4) is 0 Å². The second kappa shape index (κ2) is 7.90. The first kappa shape index (κ1) is 15.7. The van der Waals surface area contributed by atoms with Gasteiger partial charge < -0.3 is 20.3 Å². The van der Waals surface area contributed by atoms with Crippen molar-refractivity contribution in [1.29, 1.82) is 0 Å². The number of amides is 1. The summed E-state index contributed by atoms with van der Waals surface area (Å²) in [5.41, 5.74) is 1.02. The van der Waals surface area contributed by atoms with E-state index in [1.807, 2.05) is 18.9 Å². The Kier molecular flexibility index (Phi) is 5.89. The van der Waals surface area contributed by atoms with E-state index in [0.717, 1.165) is 18.5 Å². The van der Waals surface area contributed by atoms with E-state index in [2.05, 4.69) is 20.6 Å². The fourth-order valence-electron chi connectivity index (χ4n) is 2.22. The zero-order chi connectivity index (χ0) is 15.1. The van der Waals surface area contributed by atoms with Crippen molar-refractivity contribution in [2.75, 3.05) is 38.3 Å². The minimum absolute atomic E-state index is 0.0283. The summed E-state index contributed by atoms with van der Waals surface area (Å²) >= 11 is 0. The molecule has 0 saturated carbocycles. The predicted octanol–water partition coefficient (Wildman–Crippen LogP) is -0.0726. The highest BCUT2D eigenvalue weighted by molar-refractivity contribution is 5.85. The highest BCUT2D eigenvalue weighted by Gasteiger charge is 2.30. The normalized spacial score (nSPS) is 18.6. The van der Waals surface area contributed by atoms with E-state index in [-0.39, 0.29) is 11.9 Å². The molecule has 7 heteroatoms. The molecular weight excluding hydrogens is 270 g/mol. The lowest BCUT2D eigenvalue weighted by molar-refractivity contribution is -0.124. The monoisotopic (exact) mass is 293 g/mol. The Labute approximate surface area is 125 Å². The third kappa shape index (κ3) is 4.12. The van der Waals surface area contributed by atoms with Crippen molar-refractivity contribution in [2.24, 2.45) is 0 Å². The standard InChI is InChI=1S/C14H23N5O2/c1-3-4-16-13(20)12-10-21-6-5-19(12)14-17-8-11(7-15-2)9-18-14/h8-9,12,15H,3-7,10H2,1-2H3,(H,16,20). The van der Waals surface area contributed by atoms with Gasteiger partial charge in [0.25, 0.3) is 0 Å². The number of aromatic nitrogens is 2. The minimum atomic E-state index is -0.361. The van der Waals surface area contributed by atoms with E-state index in [9.17, 15) is 4.79 Å². The van der Waals surface area contributed by atoms with Crippen molar-refractivity contribution in [3.05, 3.63) is 18.0 Å². The second-order valence-electron chi connectivity index (χ2n) is 5.00. The molecule has 2 heterocycles. The van der Waals surface area contributed by atoms with Crippen molar-refractivity contribution >= 4 is 11.9 Å². The van der Waals surface area contributed by atoms with E-state index in [1.165, 1.54) is 0 Å². The van der Waals surface area contributed by atoms with Crippen LogP contribution in [0.5, 0.6) is 0 Å². The molecule has 1 aromatic rings. The number of nitrogens with one attached hydrogen (secondary N) is 2. The number of anilines is 1. The van der Waals surface area contributed by atoms with Gasteiger partial charge >= 0.3 is 0 Å². The largest absolute Gasteiger partial charge is 0.377 e. The molecule has 1 fully saturated rings. The highest BCUT2D eigenvalue weighted by Crippen LogP contribution is 2.15. The summed E-state index contributed by atoms with van der Waals surface area (Å²) in [5, 5.41) is 5.96. The van der Waals surface area contributed by atoms with E-state index >= 15 is 0 Å². The number of hydrogen-bond donors (Lipinski definition) is 2. The lowest BCUT2D eigenvalue weighted by Crippen LogP contribution is -2.54. The first-order chi connectivity index (χ1) is 10.3. The van der Waals surface area contributed by atoms with Crippen LogP contribution >= 0.6 is 0 Å². The second-order valence-corrected chi connectivity index (χ2v) is 5.00. The summed E-state index contributed by atoms with van der Waals surface area (Å²) in [7, 11) is 1.88. The van der Waals surface area contributed by atoms with Crippen LogP contribution in [0.1, 0.15) is 18.9 Å². The molecule has 2 rings (SSSR count). The van der Waals surface area contributed by atoms with Crippen LogP contribution in [0.2, 0.25) is 0 Å². The maximum Gasteiger partial charge on any atom is 0.245 e. The Balaban J connectivity index is 2.08. The van der Waals surface area contributed by atoms with Gasteiger partial charge in [-0.2, -0.15) is 0 Å². The van der Waals surface area contributed by atoms with Crippen LogP contribution in [-0.2, 0) is 16.1 Å². The number of carbonyl (C=O) groups is 1. The molecule has 0 aromatic carbocycles. The Morgan fingerprint density at radius 2 is 2.24 bits per heavy atom. The van der Waals surface area contributed by atoms with Gasteiger partial charge in [0.2, 0.25) is 11.9 Å². The molecule has 1 aromatic heterocycles. The van der Waals surface area contributed by atoms with Crippen LogP contribution in [0.15, 0.2) is 12.4 Å². The molecular formula is C14H23N5O2. The third-order valence-electron chi connectivity index (χ3n) is 3.31. The molecule has 1 amide bonds. The number of rotatable bonds is 6. The van der Waals surface area contributed by atoms with Crippen molar-refractivity contribution in [2.45, 2.75) is 25.9 Å². The number of nitrogens with zero attached hydrogens (tertiary/aromatic N) is 3. The average Bonchev–Trinajstić information content (AvgIpc) is 2.54. The molecule has 2 N–H and O–H groups in total. The van der Waals surface area contributed by atoms with Gasteiger partial charge in [-0.15, -0.1) is 0 Å². The van der Waals surface area contributed by atoms with Crippen LogP contribution < -0.4 is 15.5 Å². The van der Waals surface area contributed by atoms with Crippen LogP contribution in [0.25, 0.3) is 0 Å². The lowest BCUT2D eigenvalue weighted by atomic mass is 10.2. The molecule has 21 heavy (non-hydrogen) atoms. The summed E-state index contributed by atoms with van der Waals surface area (Å²) in [6.07, 6.45) is 4.49. The Morgan fingerprint density at radius 3 is 2.90 bits per heavy atom. The summed E-state index contributed by atoms with van der Waals surface area (Å²) in [5.74, 6) is 0.550. The Bertz CT molecular complexity index is 451. The van der Waals surface area contributed by atoms with Gasteiger partial charge in [-0.3, -0.25) is 4.79 Å². The summed E-state index contributed by atoms with van der Waals surface area (Å²) < 4.78 is 5.43. The lowest BCUT2D eigenvalue weighted by Gasteiger charge is -2.34. The number of hydrogen-bond acceptors (Lipinski definition) is 6. The molecule has 0 bridgehead atoms. The van der Waals surface area contributed by atoms with Crippen molar-refractivity contribution in [3.8, 4) is 0 Å². The fourth-order valence-corrected chi connectivity index (χ4v) is 2.22. The SMILES string of the molecule is CCCNC(=O)C1COCCN1c1ncc(CNC)cn1. The number of ether oxygens (including phenoxy) is 1. The van der Waals surface area contributed by atoms with E-state index < -0.39 is 0 Å². The van der Waals surface area contributed by atoms with Gasteiger partial charge in [0.15, 0.2) is 0 Å². The molecule has 0 radical (unpaired) electrons. The number of morpholine rings is 1. The predicted molar refractivity (Wildman–Crippen MR) is 80.0 cm³/mol. The quantitative estimate of drug-likeness (QED) is 0.764. The highest BCUT2D eigenvalue weighted by atomic mass is 16.5. The van der Waals surface area contributed by atoms with E-state index in [0.29, 0.717) is 32.3 Å². The molecule has 1 aliphatic rings. The topological polar surface area (TPSA) is 79.4 Å². The summed E-state index contributed by atoms with van der Waals surface area (Å²) in [6.45, 7) is 5.00. The maximum absolute atomic E-state index is 12.2. The maximum atomic E-state index is 12.2. The van der Waals surface area contributed by atoms with Crippen LogP contribution in [0.4, 0.5) is 5.95 Å². The van der Waals surface area contributed by atoms with Gasteiger partial charge in [0.1, 0.15) is 6.04 Å². The first-order valence-electron chi connectivity index (χ1n) is 7.34. The molecule has 1 aliphatic heterocycles. The molecule has 0 aliphatic carbocycles. The van der Waals surface area contributed by atoms with Crippen LogP contribution in [0, 0.1) is 0 Å². The molecule has 1 unspecified atom stereocenters. The smallest absolute Gasteiger partial charge is 0.245 e. The fraction of sp³-hybridized carbons (Fsp3) is 0.643. The summed E-state index contributed by atoms with van der Waals surface area (Å²) in [4.78, 5) is 22.9. The van der Waals surface area contributed by atoms with Gasteiger partial charge in [0, 0.05) is 37.6 Å². The molecule has 7 nitrogen and oxygen atoms in total. The van der Waals surface area contributed by atoms with Crippen LogP contribution in [-0.4, -0.2) is 55.3 Å². The first-order valence-corrected chi connectivity index (χ1v) is 7.34. The molecule has 1 saturated heterocycles. The minimum Gasteiger partial charge on any atom is -0.377 e. The average molecular weight is 293 g/mol. The van der Waals surface area contributed by atoms with E-state index in [1.54, 1.807) is 12.4 Å². The Morgan fingerprint density at radius 1 is 1.48 bits per heavy atom. The van der Waals surface area contributed by atoms with Crippen molar-refractivity contribution in [3.63, 3.8) is 0 Å². The zero-order valence-corrected chi connectivity index (χ0v) is 12.6. The van der Waals surface area contributed by atoms with Gasteiger partial charge in [-0.1, -0.05) is 6.92 Å². The Hall–Kier alpha value is -1.73. The molecule has 1 atom stereocenters. The summed E-state index contributed by atoms with van der Waals surface area (Å²) in [6, 6.07) is -0.361. The van der Waals surface area contributed by atoms with E-state index in [4.69, 9.17) is 4.74 Å². The van der Waals surface area contributed by atoms with Crippen molar-refractivity contribution in [1.82, 2.24) is 20.6 Å². The zero-order valence-electron chi connectivity index (χ0n) is 12.6. The molecule has 0 spiro atoms.